The number of likely N-dealkylation sites (tertiary alicyclic amines) is 1. The van der Waals surface area contributed by atoms with Gasteiger partial charge in [-0.25, -0.2) is 9.97 Å². The highest BCUT2D eigenvalue weighted by Crippen LogP contribution is 2.31. The Labute approximate surface area is 148 Å². The normalized spacial score (nSPS) is 18.0. The molecule has 8 heteroatoms. The minimum atomic E-state index is -0.317. The maximum Gasteiger partial charge on any atom is 0.233 e. The minimum Gasteiger partial charge on any atom is -0.369 e. The number of primary amides is 1. The Morgan fingerprint density at radius 3 is 3.04 bits per heavy atom. The van der Waals surface area contributed by atoms with Crippen molar-refractivity contribution in [2.45, 2.75) is 31.2 Å². The third-order valence-corrected chi connectivity index (χ3v) is 6.38. The fourth-order valence-electron chi connectivity index (χ4n) is 2.83. The van der Waals surface area contributed by atoms with Crippen LogP contribution in [0.4, 0.5) is 0 Å². The summed E-state index contributed by atoms with van der Waals surface area (Å²) in [5.41, 5.74) is 5.37. The van der Waals surface area contributed by atoms with Crippen molar-refractivity contribution in [2.24, 2.45) is 11.7 Å². The SMILES string of the molecule is CCc1cc2c(SCC(=O)N3CCC[C@@H](C(N)=O)C3)ncnc2s1. The van der Waals surface area contributed by atoms with Crippen LogP contribution in [0.5, 0.6) is 0 Å². The van der Waals surface area contributed by atoms with Gasteiger partial charge in [-0.1, -0.05) is 18.7 Å². The predicted octanol–water partition coefficient (Wildman–Crippen LogP) is 2.07. The number of thioether (sulfide) groups is 1. The lowest BCUT2D eigenvalue weighted by Gasteiger charge is -2.31. The second kappa shape index (κ2) is 7.48. The van der Waals surface area contributed by atoms with Crippen LogP contribution in [0.1, 0.15) is 24.6 Å². The van der Waals surface area contributed by atoms with E-state index in [4.69, 9.17) is 5.73 Å². The van der Waals surface area contributed by atoms with Gasteiger partial charge in [0.15, 0.2) is 0 Å². The van der Waals surface area contributed by atoms with Crippen molar-refractivity contribution in [3.8, 4) is 0 Å². The number of amides is 2. The Morgan fingerprint density at radius 2 is 2.29 bits per heavy atom. The van der Waals surface area contributed by atoms with E-state index in [1.165, 1.54) is 16.6 Å². The topological polar surface area (TPSA) is 89.2 Å². The first-order valence-electron chi connectivity index (χ1n) is 8.01. The van der Waals surface area contributed by atoms with Gasteiger partial charge in [-0.15, -0.1) is 11.3 Å². The van der Waals surface area contributed by atoms with Crippen LogP contribution in [0.3, 0.4) is 0 Å². The molecule has 3 heterocycles. The van der Waals surface area contributed by atoms with Crippen molar-refractivity contribution in [1.29, 1.82) is 0 Å². The Balaban J connectivity index is 1.66. The molecule has 2 aromatic heterocycles. The van der Waals surface area contributed by atoms with Gasteiger partial charge in [-0.05, 0) is 25.3 Å². The molecule has 128 valence electrons. The molecule has 0 aromatic carbocycles. The summed E-state index contributed by atoms with van der Waals surface area (Å²) in [5, 5.41) is 1.86. The van der Waals surface area contributed by atoms with E-state index in [2.05, 4.69) is 23.0 Å². The van der Waals surface area contributed by atoms with Crippen molar-refractivity contribution in [3.05, 3.63) is 17.3 Å². The van der Waals surface area contributed by atoms with Crippen molar-refractivity contribution in [2.75, 3.05) is 18.8 Å². The molecule has 0 saturated carbocycles. The maximum absolute atomic E-state index is 12.4. The average molecular weight is 364 g/mol. The highest BCUT2D eigenvalue weighted by molar-refractivity contribution is 8.00. The second-order valence-corrected chi connectivity index (χ2v) is 7.91. The number of nitrogens with zero attached hydrogens (tertiary/aromatic N) is 3. The number of rotatable bonds is 5. The monoisotopic (exact) mass is 364 g/mol. The van der Waals surface area contributed by atoms with Gasteiger partial charge in [0.2, 0.25) is 11.8 Å². The zero-order valence-electron chi connectivity index (χ0n) is 13.5. The van der Waals surface area contributed by atoms with E-state index < -0.39 is 0 Å². The molecule has 0 bridgehead atoms. The van der Waals surface area contributed by atoms with E-state index in [9.17, 15) is 9.59 Å². The van der Waals surface area contributed by atoms with Gasteiger partial charge in [-0.3, -0.25) is 9.59 Å². The van der Waals surface area contributed by atoms with Gasteiger partial charge in [-0.2, -0.15) is 0 Å². The van der Waals surface area contributed by atoms with Crippen LogP contribution >= 0.6 is 23.1 Å². The van der Waals surface area contributed by atoms with Crippen LogP contribution in [-0.2, 0) is 16.0 Å². The Kier molecular flexibility index (Phi) is 5.35. The number of fused-ring (bicyclic) bond motifs is 1. The molecule has 3 rings (SSSR count). The molecule has 1 aliphatic rings. The largest absolute Gasteiger partial charge is 0.369 e. The lowest BCUT2D eigenvalue weighted by atomic mass is 9.97. The van der Waals surface area contributed by atoms with Crippen LogP contribution in [0.25, 0.3) is 10.2 Å². The third-order valence-electron chi connectivity index (χ3n) is 4.20. The quantitative estimate of drug-likeness (QED) is 0.648. The summed E-state index contributed by atoms with van der Waals surface area (Å²) in [6.45, 7) is 3.24. The van der Waals surface area contributed by atoms with E-state index in [-0.39, 0.29) is 17.7 Å². The molecule has 2 amide bonds. The molecule has 1 saturated heterocycles. The number of carbonyl (C=O) groups excluding carboxylic acids is 2. The number of hydrogen-bond donors (Lipinski definition) is 1. The Bertz CT molecular complexity index is 762. The molecule has 1 atom stereocenters. The summed E-state index contributed by atoms with van der Waals surface area (Å²) in [4.78, 5) is 36.4. The number of aryl methyl sites for hydroxylation is 1. The van der Waals surface area contributed by atoms with Gasteiger partial charge < -0.3 is 10.6 Å². The number of hydrogen-bond acceptors (Lipinski definition) is 6. The van der Waals surface area contributed by atoms with E-state index in [1.54, 1.807) is 22.6 Å². The minimum absolute atomic E-state index is 0.0312. The van der Waals surface area contributed by atoms with E-state index in [0.29, 0.717) is 18.8 Å². The Hall–Kier alpha value is -1.67. The Morgan fingerprint density at radius 1 is 1.46 bits per heavy atom. The zero-order valence-corrected chi connectivity index (χ0v) is 15.2. The molecule has 0 spiro atoms. The summed E-state index contributed by atoms with van der Waals surface area (Å²) in [6, 6.07) is 2.11. The van der Waals surface area contributed by atoms with Crippen LogP contribution in [0.15, 0.2) is 17.4 Å². The van der Waals surface area contributed by atoms with Crippen LogP contribution in [0.2, 0.25) is 0 Å². The molecule has 0 unspecified atom stereocenters. The first kappa shape index (κ1) is 17.2. The molecule has 24 heavy (non-hydrogen) atoms. The lowest BCUT2D eigenvalue weighted by molar-refractivity contribution is -0.132. The highest BCUT2D eigenvalue weighted by atomic mass is 32.2. The standard InChI is InChI=1S/C16H20N4O2S2/c1-2-11-6-12-15(18-9-19-16(12)24-11)23-8-13(21)20-5-3-4-10(7-20)14(17)22/h6,9-10H,2-5,7-8H2,1H3,(H2,17,22)/t10-/m1/s1. The van der Waals surface area contributed by atoms with Crippen LogP contribution < -0.4 is 5.73 Å². The fourth-order valence-corrected chi connectivity index (χ4v) is 4.71. The molecule has 0 radical (unpaired) electrons. The number of piperidine rings is 1. The van der Waals surface area contributed by atoms with Crippen molar-refractivity contribution in [3.63, 3.8) is 0 Å². The summed E-state index contributed by atoms with van der Waals surface area (Å²) >= 11 is 3.10. The smallest absolute Gasteiger partial charge is 0.233 e. The van der Waals surface area contributed by atoms with E-state index in [1.807, 2.05) is 0 Å². The summed E-state index contributed by atoms with van der Waals surface area (Å²) in [5.74, 6) is -0.191. The molecule has 0 aliphatic carbocycles. The van der Waals surface area contributed by atoms with Gasteiger partial charge >= 0.3 is 0 Å². The zero-order chi connectivity index (χ0) is 17.1. The average Bonchev–Trinajstić information content (AvgIpc) is 3.03. The number of nitrogens with two attached hydrogens (primary N) is 1. The first-order valence-corrected chi connectivity index (χ1v) is 9.82. The van der Waals surface area contributed by atoms with Crippen molar-refractivity contribution < 1.29 is 9.59 Å². The molecular weight excluding hydrogens is 344 g/mol. The molecule has 1 aliphatic heterocycles. The van der Waals surface area contributed by atoms with E-state index in [0.717, 1.165) is 34.5 Å². The summed E-state index contributed by atoms with van der Waals surface area (Å²) < 4.78 is 0. The summed E-state index contributed by atoms with van der Waals surface area (Å²) in [6.07, 6.45) is 4.11. The predicted molar refractivity (Wildman–Crippen MR) is 96.0 cm³/mol. The molecule has 6 nitrogen and oxygen atoms in total. The van der Waals surface area contributed by atoms with Crippen molar-refractivity contribution in [1.82, 2.24) is 14.9 Å². The molecule has 2 aromatic rings. The fraction of sp³-hybridized carbons (Fsp3) is 0.500. The van der Waals surface area contributed by atoms with Gasteiger partial charge in [0.05, 0.1) is 11.7 Å². The van der Waals surface area contributed by atoms with Gasteiger partial charge in [0.25, 0.3) is 0 Å². The number of aromatic nitrogens is 2. The van der Waals surface area contributed by atoms with Crippen molar-refractivity contribution >= 4 is 45.1 Å². The van der Waals surface area contributed by atoms with Gasteiger partial charge in [0.1, 0.15) is 16.2 Å². The summed E-state index contributed by atoms with van der Waals surface area (Å²) in [7, 11) is 0. The highest BCUT2D eigenvalue weighted by Gasteiger charge is 2.27. The maximum atomic E-state index is 12.4. The number of thiophene rings is 1. The van der Waals surface area contributed by atoms with Crippen LogP contribution in [0, 0.1) is 5.92 Å². The van der Waals surface area contributed by atoms with Gasteiger partial charge in [0, 0.05) is 23.4 Å². The van der Waals surface area contributed by atoms with E-state index >= 15 is 0 Å². The van der Waals surface area contributed by atoms with Crippen LogP contribution in [-0.4, -0.2) is 45.5 Å². The first-order chi connectivity index (χ1) is 11.6. The molecule has 2 N–H and O–H groups in total. The number of carbonyl (C=O) groups is 2. The lowest BCUT2D eigenvalue weighted by Crippen LogP contribution is -2.44. The second-order valence-electron chi connectivity index (χ2n) is 5.83. The molecular formula is C16H20N4O2S2. The third kappa shape index (κ3) is 3.70. The molecule has 1 fully saturated rings.